The van der Waals surface area contributed by atoms with Gasteiger partial charge in [0.15, 0.2) is 0 Å². The third kappa shape index (κ3) is 4.08. The first-order valence-electron chi connectivity index (χ1n) is 7.50. The van der Waals surface area contributed by atoms with E-state index in [9.17, 15) is 5.26 Å². The van der Waals surface area contributed by atoms with Gasteiger partial charge in [-0.2, -0.15) is 5.26 Å². The second kappa shape index (κ2) is 7.31. The number of benzene rings is 1. The number of hydrogen-bond acceptors (Lipinski definition) is 2. The summed E-state index contributed by atoms with van der Waals surface area (Å²) >= 11 is 0. The van der Waals surface area contributed by atoms with Crippen molar-refractivity contribution in [3.63, 3.8) is 0 Å². The second-order valence-electron chi connectivity index (χ2n) is 5.63. The summed E-state index contributed by atoms with van der Waals surface area (Å²) in [4.78, 5) is 2.47. The molecule has 0 aliphatic carbocycles. The topological polar surface area (TPSA) is 27.0 Å². The van der Waals surface area contributed by atoms with E-state index in [1.807, 2.05) is 18.2 Å². The normalized spacial score (nSPS) is 18.9. The van der Waals surface area contributed by atoms with Crippen LogP contribution in [0, 0.1) is 17.2 Å². The van der Waals surface area contributed by atoms with Crippen molar-refractivity contribution in [2.45, 2.75) is 38.5 Å². The Labute approximate surface area is 117 Å². The Morgan fingerprint density at radius 1 is 1.26 bits per heavy atom. The van der Waals surface area contributed by atoms with Crippen molar-refractivity contribution >= 4 is 0 Å². The Morgan fingerprint density at radius 2 is 1.95 bits per heavy atom. The van der Waals surface area contributed by atoms with Crippen molar-refractivity contribution in [1.29, 1.82) is 5.26 Å². The Balaban J connectivity index is 1.86. The molecule has 0 radical (unpaired) electrons. The maximum atomic E-state index is 9.37. The van der Waals surface area contributed by atoms with Gasteiger partial charge in [-0.15, -0.1) is 0 Å². The summed E-state index contributed by atoms with van der Waals surface area (Å²) in [5.74, 6) is 0.933. The molecule has 1 aromatic carbocycles. The Morgan fingerprint density at radius 3 is 2.53 bits per heavy atom. The highest BCUT2D eigenvalue weighted by Crippen LogP contribution is 2.24. The molecule has 2 heteroatoms. The SMILES string of the molecule is CCCC1CCN(CC(C#N)c2ccccc2)CC1. The minimum Gasteiger partial charge on any atom is -0.302 e. The molecule has 1 atom stereocenters. The number of hydrogen-bond donors (Lipinski definition) is 0. The molecule has 0 amide bonds. The van der Waals surface area contributed by atoms with Gasteiger partial charge in [-0.1, -0.05) is 50.1 Å². The van der Waals surface area contributed by atoms with Gasteiger partial charge in [0.25, 0.3) is 0 Å². The third-order valence-corrected chi connectivity index (χ3v) is 4.20. The van der Waals surface area contributed by atoms with E-state index in [-0.39, 0.29) is 5.92 Å². The number of piperidine rings is 1. The van der Waals surface area contributed by atoms with Crippen LogP contribution in [-0.2, 0) is 0 Å². The molecule has 1 saturated heterocycles. The van der Waals surface area contributed by atoms with Gasteiger partial charge in [0, 0.05) is 6.54 Å². The van der Waals surface area contributed by atoms with Crippen LogP contribution in [0.25, 0.3) is 0 Å². The van der Waals surface area contributed by atoms with Gasteiger partial charge >= 0.3 is 0 Å². The molecule has 102 valence electrons. The summed E-state index contributed by atoms with van der Waals surface area (Å²) in [5, 5.41) is 9.37. The largest absolute Gasteiger partial charge is 0.302 e. The first-order chi connectivity index (χ1) is 9.33. The fraction of sp³-hybridized carbons (Fsp3) is 0.588. The van der Waals surface area contributed by atoms with Crippen molar-refractivity contribution < 1.29 is 0 Å². The predicted molar refractivity (Wildman–Crippen MR) is 78.9 cm³/mol. The number of nitrogens with zero attached hydrogens (tertiary/aromatic N) is 2. The molecule has 2 rings (SSSR count). The van der Waals surface area contributed by atoms with E-state index in [1.54, 1.807) is 0 Å². The summed E-state index contributed by atoms with van der Waals surface area (Å²) in [6.07, 6.45) is 5.28. The zero-order valence-corrected chi connectivity index (χ0v) is 11.9. The minimum atomic E-state index is 0.0175. The first kappa shape index (κ1) is 14.1. The van der Waals surface area contributed by atoms with E-state index in [2.05, 4.69) is 30.0 Å². The first-order valence-corrected chi connectivity index (χ1v) is 7.50. The van der Waals surface area contributed by atoms with Crippen molar-refractivity contribution in [2.75, 3.05) is 19.6 Å². The number of rotatable bonds is 5. The maximum absolute atomic E-state index is 9.37. The molecule has 1 heterocycles. The second-order valence-corrected chi connectivity index (χ2v) is 5.63. The molecule has 0 bridgehead atoms. The standard InChI is InChI=1S/C17H24N2/c1-2-6-15-9-11-19(12-10-15)14-17(13-18)16-7-4-3-5-8-16/h3-5,7-8,15,17H,2,6,9-12,14H2,1H3. The van der Waals surface area contributed by atoms with Gasteiger partial charge in [0.2, 0.25) is 0 Å². The molecule has 0 spiro atoms. The Hall–Kier alpha value is -1.33. The van der Waals surface area contributed by atoms with Crippen LogP contribution in [0.1, 0.15) is 44.1 Å². The zero-order valence-electron chi connectivity index (χ0n) is 11.9. The van der Waals surface area contributed by atoms with Crippen LogP contribution in [0.3, 0.4) is 0 Å². The molecule has 2 nitrogen and oxygen atoms in total. The molecule has 0 saturated carbocycles. The summed E-state index contributed by atoms with van der Waals surface area (Å²) in [6.45, 7) is 5.48. The lowest BCUT2D eigenvalue weighted by Gasteiger charge is -2.33. The fourth-order valence-corrected chi connectivity index (χ4v) is 3.03. The van der Waals surface area contributed by atoms with Crippen LogP contribution < -0.4 is 0 Å². The molecule has 1 aliphatic heterocycles. The van der Waals surface area contributed by atoms with Crippen molar-refractivity contribution in [1.82, 2.24) is 4.90 Å². The van der Waals surface area contributed by atoms with E-state index in [0.717, 1.165) is 31.1 Å². The molecule has 1 aliphatic rings. The molecular formula is C17H24N2. The molecule has 0 N–H and O–H groups in total. The van der Waals surface area contributed by atoms with Crippen molar-refractivity contribution in [3.8, 4) is 6.07 Å². The van der Waals surface area contributed by atoms with Gasteiger partial charge in [0.1, 0.15) is 0 Å². The highest BCUT2D eigenvalue weighted by atomic mass is 15.1. The van der Waals surface area contributed by atoms with E-state index >= 15 is 0 Å². The quantitative estimate of drug-likeness (QED) is 0.801. The lowest BCUT2D eigenvalue weighted by atomic mass is 9.91. The monoisotopic (exact) mass is 256 g/mol. The molecule has 19 heavy (non-hydrogen) atoms. The third-order valence-electron chi connectivity index (χ3n) is 4.20. The van der Waals surface area contributed by atoms with Crippen LogP contribution >= 0.6 is 0 Å². The van der Waals surface area contributed by atoms with Crippen LogP contribution in [0.5, 0.6) is 0 Å². The van der Waals surface area contributed by atoms with Crippen LogP contribution in [0.4, 0.5) is 0 Å². The maximum Gasteiger partial charge on any atom is 0.0839 e. The highest BCUT2D eigenvalue weighted by molar-refractivity contribution is 5.25. The van der Waals surface area contributed by atoms with Gasteiger partial charge in [-0.05, 0) is 37.4 Å². The molecule has 1 aromatic rings. The lowest BCUT2D eigenvalue weighted by molar-refractivity contribution is 0.176. The number of nitriles is 1. The molecular weight excluding hydrogens is 232 g/mol. The lowest BCUT2D eigenvalue weighted by Crippen LogP contribution is -2.36. The predicted octanol–water partition coefficient (Wildman–Crippen LogP) is 3.81. The molecule has 1 fully saturated rings. The average Bonchev–Trinajstić information content (AvgIpc) is 2.48. The molecule has 1 unspecified atom stereocenters. The van der Waals surface area contributed by atoms with Gasteiger partial charge < -0.3 is 4.90 Å². The summed E-state index contributed by atoms with van der Waals surface area (Å²) in [5.41, 5.74) is 1.15. The van der Waals surface area contributed by atoms with E-state index in [4.69, 9.17) is 0 Å². The van der Waals surface area contributed by atoms with Crippen LogP contribution in [0.2, 0.25) is 0 Å². The van der Waals surface area contributed by atoms with Crippen LogP contribution in [0.15, 0.2) is 30.3 Å². The zero-order chi connectivity index (χ0) is 13.5. The number of likely N-dealkylation sites (tertiary alicyclic amines) is 1. The van der Waals surface area contributed by atoms with Gasteiger partial charge in [-0.25, -0.2) is 0 Å². The van der Waals surface area contributed by atoms with E-state index in [1.165, 1.54) is 25.7 Å². The van der Waals surface area contributed by atoms with Gasteiger partial charge in [0.05, 0.1) is 12.0 Å². The summed E-state index contributed by atoms with van der Waals surface area (Å²) < 4.78 is 0. The minimum absolute atomic E-state index is 0.0175. The molecule has 0 aromatic heterocycles. The smallest absolute Gasteiger partial charge is 0.0839 e. The van der Waals surface area contributed by atoms with Crippen LogP contribution in [-0.4, -0.2) is 24.5 Å². The average molecular weight is 256 g/mol. The fourth-order valence-electron chi connectivity index (χ4n) is 3.03. The van der Waals surface area contributed by atoms with Crippen molar-refractivity contribution in [2.24, 2.45) is 5.92 Å². The Kier molecular flexibility index (Phi) is 5.42. The van der Waals surface area contributed by atoms with E-state index in [0.29, 0.717) is 0 Å². The summed E-state index contributed by atoms with van der Waals surface area (Å²) in [6, 6.07) is 12.6. The van der Waals surface area contributed by atoms with Gasteiger partial charge in [-0.3, -0.25) is 0 Å². The highest BCUT2D eigenvalue weighted by Gasteiger charge is 2.21. The Bertz CT molecular complexity index is 399. The van der Waals surface area contributed by atoms with Crippen molar-refractivity contribution in [3.05, 3.63) is 35.9 Å². The summed E-state index contributed by atoms with van der Waals surface area (Å²) in [7, 11) is 0. The van der Waals surface area contributed by atoms with E-state index < -0.39 is 0 Å².